The Morgan fingerprint density at radius 1 is 1.04 bits per heavy atom. The van der Waals surface area contributed by atoms with Gasteiger partial charge in [0, 0.05) is 5.69 Å². The molecule has 0 aromatic heterocycles. The number of amides is 2. The topological polar surface area (TPSA) is 59.6 Å². The molecule has 0 bridgehead atoms. The zero-order valence-electron chi connectivity index (χ0n) is 13.6. The van der Waals surface area contributed by atoms with Crippen LogP contribution in [0.4, 0.5) is 16.2 Å². The highest BCUT2D eigenvalue weighted by atomic mass is 16.5. The molecular weight excluding hydrogens is 292 g/mol. The summed E-state index contributed by atoms with van der Waals surface area (Å²) in [6.07, 6.45) is 0.0344. The molecule has 0 aliphatic rings. The van der Waals surface area contributed by atoms with Crippen molar-refractivity contribution in [2.75, 3.05) is 17.2 Å². The molecule has 0 saturated carbocycles. The molecule has 5 heteroatoms. The lowest BCUT2D eigenvalue weighted by molar-refractivity contribution is 0.243. The van der Waals surface area contributed by atoms with E-state index in [9.17, 15) is 4.79 Å². The number of anilines is 2. The summed E-state index contributed by atoms with van der Waals surface area (Å²) in [4.78, 5) is 12.1. The van der Waals surface area contributed by atoms with Gasteiger partial charge in [0.15, 0.2) is 0 Å². The molecule has 2 aromatic rings. The Hall–Kier alpha value is -2.69. The van der Waals surface area contributed by atoms with Gasteiger partial charge in [0.2, 0.25) is 0 Å². The molecule has 0 fully saturated rings. The van der Waals surface area contributed by atoms with E-state index in [1.807, 2.05) is 51.1 Å². The average Bonchev–Trinajstić information content (AvgIpc) is 2.51. The average molecular weight is 314 g/mol. The highest BCUT2D eigenvalue weighted by Crippen LogP contribution is 2.25. The molecule has 122 valence electrons. The van der Waals surface area contributed by atoms with Gasteiger partial charge in [-0.2, -0.15) is 0 Å². The molecule has 0 aliphatic heterocycles. The molecule has 2 amide bonds. The quantitative estimate of drug-likeness (QED) is 0.824. The molecule has 0 radical (unpaired) electrons. The first-order chi connectivity index (χ1) is 11.1. The molecule has 2 rings (SSSR count). The second-order valence-electron chi connectivity index (χ2n) is 5.20. The minimum absolute atomic E-state index is 0.0344. The van der Waals surface area contributed by atoms with Crippen LogP contribution in [0.5, 0.6) is 11.5 Å². The largest absolute Gasteiger partial charge is 0.494 e. The Balaban J connectivity index is 1.99. The number of para-hydroxylation sites is 2. The van der Waals surface area contributed by atoms with Crippen molar-refractivity contribution in [1.82, 2.24) is 0 Å². The maximum Gasteiger partial charge on any atom is 0.323 e. The van der Waals surface area contributed by atoms with Crippen molar-refractivity contribution in [3.8, 4) is 11.5 Å². The molecule has 0 saturated heterocycles. The molecule has 5 nitrogen and oxygen atoms in total. The van der Waals surface area contributed by atoms with Gasteiger partial charge in [-0.05, 0) is 57.2 Å². The van der Waals surface area contributed by atoms with Crippen LogP contribution >= 0.6 is 0 Å². The van der Waals surface area contributed by atoms with Gasteiger partial charge in [0.1, 0.15) is 11.5 Å². The van der Waals surface area contributed by atoms with E-state index in [2.05, 4.69) is 10.6 Å². The monoisotopic (exact) mass is 314 g/mol. The van der Waals surface area contributed by atoms with E-state index in [4.69, 9.17) is 9.47 Å². The van der Waals surface area contributed by atoms with Crippen molar-refractivity contribution < 1.29 is 14.3 Å². The SMILES string of the molecule is CCOc1ccc(NC(=O)Nc2ccccc2OC(C)C)cc1. The fourth-order valence-electron chi connectivity index (χ4n) is 2.01. The van der Waals surface area contributed by atoms with Crippen LogP contribution in [-0.2, 0) is 0 Å². The van der Waals surface area contributed by atoms with Gasteiger partial charge in [-0.25, -0.2) is 4.79 Å². The van der Waals surface area contributed by atoms with Crippen molar-refractivity contribution in [2.24, 2.45) is 0 Å². The number of hydrogen-bond acceptors (Lipinski definition) is 3. The van der Waals surface area contributed by atoms with E-state index >= 15 is 0 Å². The molecule has 0 atom stereocenters. The van der Waals surface area contributed by atoms with Crippen LogP contribution < -0.4 is 20.1 Å². The third-order valence-electron chi connectivity index (χ3n) is 2.92. The summed E-state index contributed by atoms with van der Waals surface area (Å²) < 4.78 is 11.0. The van der Waals surface area contributed by atoms with Gasteiger partial charge in [-0.15, -0.1) is 0 Å². The van der Waals surface area contributed by atoms with Crippen LogP contribution in [0, 0.1) is 0 Å². The van der Waals surface area contributed by atoms with Gasteiger partial charge in [0.05, 0.1) is 18.4 Å². The van der Waals surface area contributed by atoms with Crippen molar-refractivity contribution in [3.05, 3.63) is 48.5 Å². The van der Waals surface area contributed by atoms with Crippen molar-refractivity contribution >= 4 is 17.4 Å². The van der Waals surface area contributed by atoms with E-state index in [1.54, 1.807) is 18.2 Å². The van der Waals surface area contributed by atoms with E-state index in [1.165, 1.54) is 0 Å². The molecular formula is C18H22N2O3. The summed E-state index contributed by atoms with van der Waals surface area (Å²) in [7, 11) is 0. The van der Waals surface area contributed by atoms with Crippen LogP contribution in [0.2, 0.25) is 0 Å². The molecule has 0 heterocycles. The predicted molar refractivity (Wildman–Crippen MR) is 92.5 cm³/mol. The van der Waals surface area contributed by atoms with Crippen LogP contribution in [0.1, 0.15) is 20.8 Å². The number of hydrogen-bond donors (Lipinski definition) is 2. The predicted octanol–water partition coefficient (Wildman–Crippen LogP) is 4.52. The molecule has 0 aliphatic carbocycles. The second kappa shape index (κ2) is 8.08. The summed E-state index contributed by atoms with van der Waals surface area (Å²) in [6.45, 7) is 6.42. The smallest absolute Gasteiger partial charge is 0.323 e. The Kier molecular flexibility index (Phi) is 5.86. The number of benzene rings is 2. The van der Waals surface area contributed by atoms with Crippen LogP contribution in [0.25, 0.3) is 0 Å². The summed E-state index contributed by atoms with van der Waals surface area (Å²) in [5.41, 5.74) is 1.32. The van der Waals surface area contributed by atoms with E-state index in [0.29, 0.717) is 23.7 Å². The molecule has 23 heavy (non-hydrogen) atoms. The summed E-state index contributed by atoms with van der Waals surface area (Å²) >= 11 is 0. The van der Waals surface area contributed by atoms with E-state index in [-0.39, 0.29) is 12.1 Å². The van der Waals surface area contributed by atoms with Crippen LogP contribution in [-0.4, -0.2) is 18.7 Å². The van der Waals surface area contributed by atoms with Gasteiger partial charge < -0.3 is 20.1 Å². The van der Waals surface area contributed by atoms with Crippen molar-refractivity contribution in [1.29, 1.82) is 0 Å². The first-order valence-corrected chi connectivity index (χ1v) is 7.65. The van der Waals surface area contributed by atoms with Gasteiger partial charge >= 0.3 is 6.03 Å². The summed E-state index contributed by atoms with van der Waals surface area (Å²) in [6, 6.07) is 14.2. The van der Waals surface area contributed by atoms with Gasteiger partial charge in [-0.3, -0.25) is 0 Å². The minimum Gasteiger partial charge on any atom is -0.494 e. The Labute approximate surface area is 136 Å². The fourth-order valence-corrected chi connectivity index (χ4v) is 2.01. The number of carbonyl (C=O) groups excluding carboxylic acids is 1. The molecule has 2 aromatic carbocycles. The summed E-state index contributed by atoms with van der Waals surface area (Å²) in [5, 5.41) is 5.58. The number of carbonyl (C=O) groups is 1. The van der Waals surface area contributed by atoms with E-state index in [0.717, 1.165) is 5.75 Å². The molecule has 0 spiro atoms. The van der Waals surface area contributed by atoms with E-state index < -0.39 is 0 Å². The van der Waals surface area contributed by atoms with Crippen LogP contribution in [0.3, 0.4) is 0 Å². The fraction of sp³-hybridized carbons (Fsp3) is 0.278. The standard InChI is InChI=1S/C18H22N2O3/c1-4-22-15-11-9-14(10-12-15)19-18(21)20-16-7-5-6-8-17(16)23-13(2)3/h5-13H,4H2,1-3H3,(H2,19,20,21). The normalized spacial score (nSPS) is 10.3. The molecule has 2 N–H and O–H groups in total. The third kappa shape index (κ3) is 5.21. The lowest BCUT2D eigenvalue weighted by atomic mass is 10.3. The maximum absolute atomic E-state index is 12.1. The van der Waals surface area contributed by atoms with Crippen molar-refractivity contribution in [2.45, 2.75) is 26.9 Å². The van der Waals surface area contributed by atoms with Gasteiger partial charge in [-0.1, -0.05) is 12.1 Å². The minimum atomic E-state index is -0.325. The first kappa shape index (κ1) is 16.7. The van der Waals surface area contributed by atoms with Gasteiger partial charge in [0.25, 0.3) is 0 Å². The highest BCUT2D eigenvalue weighted by molar-refractivity contribution is 6.00. The van der Waals surface area contributed by atoms with Crippen molar-refractivity contribution in [3.63, 3.8) is 0 Å². The Bertz CT molecular complexity index is 639. The van der Waals surface area contributed by atoms with Crippen LogP contribution in [0.15, 0.2) is 48.5 Å². The maximum atomic E-state index is 12.1. The zero-order valence-corrected chi connectivity index (χ0v) is 13.6. The number of ether oxygens (including phenoxy) is 2. The summed E-state index contributed by atoms with van der Waals surface area (Å²) in [5.74, 6) is 1.42. The Morgan fingerprint density at radius 2 is 1.74 bits per heavy atom. The Morgan fingerprint density at radius 3 is 2.39 bits per heavy atom. The number of urea groups is 1. The lowest BCUT2D eigenvalue weighted by Gasteiger charge is -2.15. The molecule has 0 unspecified atom stereocenters. The number of rotatable bonds is 6. The highest BCUT2D eigenvalue weighted by Gasteiger charge is 2.09. The second-order valence-corrected chi connectivity index (χ2v) is 5.20. The zero-order chi connectivity index (χ0) is 16.7. The number of nitrogens with one attached hydrogen (secondary N) is 2. The lowest BCUT2D eigenvalue weighted by Crippen LogP contribution is -2.20. The third-order valence-corrected chi connectivity index (χ3v) is 2.92. The first-order valence-electron chi connectivity index (χ1n) is 7.65.